The lowest BCUT2D eigenvalue weighted by Gasteiger charge is -2.22. The highest BCUT2D eigenvalue weighted by atomic mass is 79.9. The van der Waals surface area contributed by atoms with Crippen LogP contribution in [0.3, 0.4) is 0 Å². The predicted octanol–water partition coefficient (Wildman–Crippen LogP) is 3.01. The van der Waals surface area contributed by atoms with Gasteiger partial charge in [-0.1, -0.05) is 6.07 Å². The summed E-state index contributed by atoms with van der Waals surface area (Å²) < 4.78 is 13.5. The van der Waals surface area contributed by atoms with Gasteiger partial charge in [0.1, 0.15) is 5.82 Å². The molecule has 4 heteroatoms. The summed E-state index contributed by atoms with van der Waals surface area (Å²) in [5.74, 6) is -0.265. The number of nitrogens with one attached hydrogen (secondary N) is 1. The summed E-state index contributed by atoms with van der Waals surface area (Å²) in [6.07, 6.45) is 0. The van der Waals surface area contributed by atoms with Crippen LogP contribution < -0.4 is 5.32 Å². The molecule has 0 radical (unpaired) electrons. The zero-order valence-corrected chi connectivity index (χ0v) is 11.3. The van der Waals surface area contributed by atoms with Crippen LogP contribution in [-0.2, 0) is 0 Å². The van der Waals surface area contributed by atoms with Crippen LogP contribution in [-0.4, -0.2) is 17.3 Å². The largest absolute Gasteiger partial charge is 0.389 e. The van der Waals surface area contributed by atoms with Gasteiger partial charge in [-0.3, -0.25) is 0 Å². The molecule has 16 heavy (non-hydrogen) atoms. The summed E-state index contributed by atoms with van der Waals surface area (Å²) in [7, 11) is 0. The van der Waals surface area contributed by atoms with E-state index in [-0.39, 0.29) is 11.9 Å². The lowest BCUT2D eigenvalue weighted by Crippen LogP contribution is -2.36. The van der Waals surface area contributed by atoms with Gasteiger partial charge in [-0.05, 0) is 54.4 Å². The second kappa shape index (κ2) is 5.25. The predicted molar refractivity (Wildman–Crippen MR) is 66.8 cm³/mol. The van der Waals surface area contributed by atoms with Gasteiger partial charge in [0.05, 0.1) is 10.1 Å². The average Bonchev–Trinajstić information content (AvgIpc) is 2.17. The van der Waals surface area contributed by atoms with E-state index < -0.39 is 5.60 Å². The highest BCUT2D eigenvalue weighted by Crippen LogP contribution is 2.21. The Morgan fingerprint density at radius 2 is 2.12 bits per heavy atom. The lowest BCUT2D eigenvalue weighted by molar-refractivity contribution is 0.0770. The molecular formula is C12H17BrFNO. The van der Waals surface area contributed by atoms with E-state index >= 15 is 0 Å². The van der Waals surface area contributed by atoms with Crippen molar-refractivity contribution in [3.8, 4) is 0 Å². The molecule has 0 aliphatic rings. The Balaban J connectivity index is 2.66. The smallest absolute Gasteiger partial charge is 0.137 e. The molecule has 1 rings (SSSR count). The van der Waals surface area contributed by atoms with Crippen LogP contribution in [0.4, 0.5) is 4.39 Å². The third-order valence-corrected chi connectivity index (χ3v) is 2.89. The minimum atomic E-state index is -0.745. The fourth-order valence-electron chi connectivity index (χ4n) is 1.30. The molecule has 0 aliphatic carbocycles. The van der Waals surface area contributed by atoms with E-state index in [4.69, 9.17) is 0 Å². The molecule has 90 valence electrons. The van der Waals surface area contributed by atoms with Gasteiger partial charge in [0.15, 0.2) is 0 Å². The first-order valence-corrected chi connectivity index (χ1v) is 5.99. The molecule has 0 aromatic heterocycles. The first-order chi connectivity index (χ1) is 7.29. The van der Waals surface area contributed by atoms with Gasteiger partial charge in [0, 0.05) is 12.6 Å². The van der Waals surface area contributed by atoms with E-state index in [1.165, 1.54) is 6.07 Å². The summed E-state index contributed by atoms with van der Waals surface area (Å²) >= 11 is 3.15. The van der Waals surface area contributed by atoms with E-state index in [1.54, 1.807) is 26.0 Å². The van der Waals surface area contributed by atoms with Gasteiger partial charge in [-0.15, -0.1) is 0 Å². The maximum Gasteiger partial charge on any atom is 0.137 e. The summed E-state index contributed by atoms with van der Waals surface area (Å²) in [4.78, 5) is 0. The molecule has 0 saturated heterocycles. The molecule has 2 N–H and O–H groups in total. The van der Waals surface area contributed by atoms with E-state index in [0.717, 1.165) is 5.56 Å². The van der Waals surface area contributed by atoms with Gasteiger partial charge < -0.3 is 10.4 Å². The van der Waals surface area contributed by atoms with Crippen LogP contribution in [0.1, 0.15) is 32.4 Å². The fraction of sp³-hybridized carbons (Fsp3) is 0.500. The molecule has 0 amide bonds. The zero-order valence-electron chi connectivity index (χ0n) is 9.72. The fourth-order valence-corrected chi connectivity index (χ4v) is 1.70. The zero-order chi connectivity index (χ0) is 12.3. The van der Waals surface area contributed by atoms with Gasteiger partial charge in [0.25, 0.3) is 0 Å². The third-order valence-electron chi connectivity index (χ3n) is 2.28. The third kappa shape index (κ3) is 4.20. The van der Waals surface area contributed by atoms with Crippen molar-refractivity contribution in [1.82, 2.24) is 5.32 Å². The lowest BCUT2D eigenvalue weighted by atomic mass is 10.1. The van der Waals surface area contributed by atoms with Crippen LogP contribution in [0.25, 0.3) is 0 Å². The number of benzene rings is 1. The van der Waals surface area contributed by atoms with E-state index in [9.17, 15) is 9.50 Å². The number of rotatable bonds is 4. The Morgan fingerprint density at radius 1 is 1.50 bits per heavy atom. The number of aliphatic hydroxyl groups is 1. The maximum absolute atomic E-state index is 13.0. The molecule has 1 aromatic carbocycles. The van der Waals surface area contributed by atoms with Crippen molar-refractivity contribution in [2.24, 2.45) is 0 Å². The normalized spacial score (nSPS) is 13.9. The second-order valence-corrected chi connectivity index (χ2v) is 5.44. The van der Waals surface area contributed by atoms with E-state index in [2.05, 4.69) is 21.2 Å². The van der Waals surface area contributed by atoms with E-state index in [1.807, 2.05) is 6.92 Å². The molecule has 0 saturated carbocycles. The number of hydrogen-bond acceptors (Lipinski definition) is 2. The molecular weight excluding hydrogens is 273 g/mol. The molecule has 1 atom stereocenters. The Kier molecular flexibility index (Phi) is 4.47. The molecule has 0 heterocycles. The molecule has 0 fully saturated rings. The van der Waals surface area contributed by atoms with Crippen molar-refractivity contribution in [2.45, 2.75) is 32.4 Å². The molecule has 1 unspecified atom stereocenters. The Morgan fingerprint density at radius 3 is 2.62 bits per heavy atom. The van der Waals surface area contributed by atoms with Crippen molar-refractivity contribution in [2.75, 3.05) is 6.54 Å². The topological polar surface area (TPSA) is 32.3 Å². The van der Waals surface area contributed by atoms with Crippen molar-refractivity contribution in [1.29, 1.82) is 0 Å². The van der Waals surface area contributed by atoms with Crippen LogP contribution in [0.15, 0.2) is 22.7 Å². The molecule has 1 aromatic rings. The Bertz CT molecular complexity index is 363. The second-order valence-electron chi connectivity index (χ2n) is 4.59. The minimum absolute atomic E-state index is 0.0725. The van der Waals surface area contributed by atoms with Crippen LogP contribution >= 0.6 is 15.9 Å². The van der Waals surface area contributed by atoms with Crippen molar-refractivity contribution in [3.05, 3.63) is 34.1 Å². The van der Waals surface area contributed by atoms with Crippen LogP contribution in [0.2, 0.25) is 0 Å². The van der Waals surface area contributed by atoms with Crippen LogP contribution in [0, 0.1) is 5.82 Å². The van der Waals surface area contributed by atoms with Crippen molar-refractivity contribution in [3.63, 3.8) is 0 Å². The van der Waals surface area contributed by atoms with Crippen molar-refractivity contribution >= 4 is 15.9 Å². The van der Waals surface area contributed by atoms with Gasteiger partial charge in [-0.2, -0.15) is 0 Å². The molecule has 0 aliphatic heterocycles. The molecule has 0 spiro atoms. The summed E-state index contributed by atoms with van der Waals surface area (Å²) in [6, 6.07) is 4.99. The summed E-state index contributed by atoms with van der Waals surface area (Å²) in [5, 5.41) is 12.8. The van der Waals surface area contributed by atoms with Gasteiger partial charge in [-0.25, -0.2) is 4.39 Å². The average molecular weight is 290 g/mol. The summed E-state index contributed by atoms with van der Waals surface area (Å²) in [6.45, 7) is 5.95. The molecule has 0 bridgehead atoms. The first kappa shape index (κ1) is 13.6. The highest BCUT2D eigenvalue weighted by Gasteiger charge is 2.14. The van der Waals surface area contributed by atoms with Crippen molar-refractivity contribution < 1.29 is 9.50 Å². The summed E-state index contributed by atoms with van der Waals surface area (Å²) in [5.41, 5.74) is 0.239. The Hall–Kier alpha value is -0.450. The monoisotopic (exact) mass is 289 g/mol. The maximum atomic E-state index is 13.0. The number of hydrogen-bond donors (Lipinski definition) is 2. The first-order valence-electron chi connectivity index (χ1n) is 5.20. The Labute approximate surface area is 104 Å². The standard InChI is InChI=1S/C12H17BrFNO/c1-8(15-7-12(2,3)16)9-4-5-11(14)10(13)6-9/h4-6,8,15-16H,7H2,1-3H3. The highest BCUT2D eigenvalue weighted by molar-refractivity contribution is 9.10. The number of halogens is 2. The SMILES string of the molecule is CC(NCC(C)(C)O)c1ccc(F)c(Br)c1. The van der Waals surface area contributed by atoms with Gasteiger partial charge >= 0.3 is 0 Å². The van der Waals surface area contributed by atoms with Crippen LogP contribution in [0.5, 0.6) is 0 Å². The minimum Gasteiger partial charge on any atom is -0.389 e. The quantitative estimate of drug-likeness (QED) is 0.893. The molecule has 2 nitrogen and oxygen atoms in total. The van der Waals surface area contributed by atoms with E-state index in [0.29, 0.717) is 11.0 Å². The van der Waals surface area contributed by atoms with Gasteiger partial charge in [0.2, 0.25) is 0 Å².